The minimum Gasteiger partial charge on any atom is -0.479 e. The Morgan fingerprint density at radius 1 is 1.08 bits per heavy atom. The Balaban J connectivity index is 1.52. The number of amides is 1. The quantitative estimate of drug-likeness (QED) is 0.421. The number of benzene rings is 1. The van der Waals surface area contributed by atoms with Gasteiger partial charge in [-0.15, -0.1) is 0 Å². The van der Waals surface area contributed by atoms with Crippen molar-refractivity contribution in [3.63, 3.8) is 0 Å². The number of nitrogens with zero attached hydrogens (tertiary/aromatic N) is 3. The van der Waals surface area contributed by atoms with Crippen LogP contribution < -0.4 is 35.3 Å². The van der Waals surface area contributed by atoms with Gasteiger partial charge in [-0.1, -0.05) is 37.0 Å². The molecule has 37 heavy (non-hydrogen) atoms. The summed E-state index contributed by atoms with van der Waals surface area (Å²) in [7, 11) is 1.43. The van der Waals surface area contributed by atoms with Crippen LogP contribution in [-0.4, -0.2) is 57.3 Å². The molecule has 3 aromatic rings. The molecule has 11 heteroatoms. The molecule has 3 heterocycles. The molecule has 1 amide bonds. The van der Waals surface area contributed by atoms with E-state index in [1.54, 1.807) is 12.1 Å². The summed E-state index contributed by atoms with van der Waals surface area (Å²) >= 11 is 0. The first-order valence-electron chi connectivity index (χ1n) is 12.3. The number of aromatic nitrogens is 2. The molecule has 2 aromatic heterocycles. The van der Waals surface area contributed by atoms with Crippen LogP contribution >= 0.6 is 0 Å². The Morgan fingerprint density at radius 2 is 1.73 bits per heavy atom. The molecule has 1 fully saturated rings. The normalized spacial score (nSPS) is 14.4. The molecular weight excluding hydrogens is 490 g/mol. The Kier molecular flexibility index (Phi) is 7.74. The average Bonchev–Trinajstić information content (AvgIpc) is 3.34. The van der Waals surface area contributed by atoms with Gasteiger partial charge >= 0.3 is 0 Å². The van der Waals surface area contributed by atoms with Crippen molar-refractivity contribution >= 4 is 30.8 Å². The first-order valence-corrected chi connectivity index (χ1v) is 15.8. The molecule has 0 radical (unpaired) electrons. The summed E-state index contributed by atoms with van der Waals surface area (Å²) < 4.78 is 22.6. The molecule has 1 saturated heterocycles. The summed E-state index contributed by atoms with van der Waals surface area (Å²) in [6, 6.07) is 9.57. The van der Waals surface area contributed by atoms with Gasteiger partial charge in [-0.05, 0) is 37.5 Å². The lowest BCUT2D eigenvalue weighted by atomic mass is 10.1. The van der Waals surface area contributed by atoms with Gasteiger partial charge < -0.3 is 34.6 Å². The molecular formula is C26H35N5O5Si. The van der Waals surface area contributed by atoms with E-state index in [1.807, 2.05) is 17.9 Å². The van der Waals surface area contributed by atoms with Crippen LogP contribution in [-0.2, 0) is 0 Å². The van der Waals surface area contributed by atoms with Crippen molar-refractivity contribution in [3.8, 4) is 23.5 Å². The fourth-order valence-corrected chi connectivity index (χ4v) is 5.16. The van der Waals surface area contributed by atoms with Gasteiger partial charge in [-0.2, -0.15) is 9.97 Å². The van der Waals surface area contributed by atoms with E-state index in [4.69, 9.17) is 24.4 Å². The number of rotatable bonds is 8. The summed E-state index contributed by atoms with van der Waals surface area (Å²) in [5.74, 6) is 1.30. The zero-order chi connectivity index (χ0) is 26.7. The van der Waals surface area contributed by atoms with Gasteiger partial charge in [0.25, 0.3) is 11.9 Å². The number of anilines is 2. The minimum atomic E-state index is -1.52. The molecule has 0 saturated carbocycles. The smallest absolute Gasteiger partial charge is 0.291 e. The van der Waals surface area contributed by atoms with E-state index in [0.717, 1.165) is 31.5 Å². The second-order valence-corrected chi connectivity index (χ2v) is 15.2. The fourth-order valence-electron chi connectivity index (χ4n) is 4.01. The molecule has 1 aromatic carbocycles. The van der Waals surface area contributed by atoms with Crippen molar-refractivity contribution in [1.29, 1.82) is 0 Å². The predicted octanol–water partition coefficient (Wildman–Crippen LogP) is 3.91. The Hall–Kier alpha value is -3.57. The molecule has 0 unspecified atom stereocenters. The number of furan rings is 1. The summed E-state index contributed by atoms with van der Waals surface area (Å²) in [4.78, 5) is 24.1. The number of carbonyl (C=O) groups is 1. The number of nitrogens with one attached hydrogen (secondary N) is 1. The third kappa shape index (κ3) is 6.05. The lowest BCUT2D eigenvalue weighted by Crippen LogP contribution is -2.40. The average molecular weight is 526 g/mol. The Bertz CT molecular complexity index is 1240. The highest BCUT2D eigenvalue weighted by atomic mass is 28.3. The van der Waals surface area contributed by atoms with Crippen molar-refractivity contribution in [1.82, 2.24) is 9.97 Å². The highest BCUT2D eigenvalue weighted by Gasteiger charge is 2.25. The van der Waals surface area contributed by atoms with E-state index in [2.05, 4.69) is 47.1 Å². The van der Waals surface area contributed by atoms with Gasteiger partial charge in [-0.25, -0.2) is 0 Å². The lowest BCUT2D eigenvalue weighted by molar-refractivity contribution is 0.0990. The number of methoxy groups -OCH3 is 2. The maximum Gasteiger partial charge on any atom is 0.291 e. The molecule has 4 rings (SSSR count). The van der Waals surface area contributed by atoms with Crippen molar-refractivity contribution in [3.05, 3.63) is 41.7 Å². The van der Waals surface area contributed by atoms with E-state index in [9.17, 15) is 4.79 Å². The van der Waals surface area contributed by atoms with Crippen LogP contribution in [0.4, 0.5) is 11.6 Å². The zero-order valence-corrected chi connectivity index (χ0v) is 23.3. The minimum absolute atomic E-state index is 0.0622. The van der Waals surface area contributed by atoms with Gasteiger partial charge in [0.2, 0.25) is 17.7 Å². The Labute approximate surface area is 218 Å². The third-order valence-corrected chi connectivity index (χ3v) is 8.39. The van der Waals surface area contributed by atoms with Crippen LogP contribution in [0.3, 0.4) is 0 Å². The van der Waals surface area contributed by atoms with E-state index in [-0.39, 0.29) is 35.2 Å². The highest BCUT2D eigenvalue weighted by Crippen LogP contribution is 2.35. The molecule has 10 nitrogen and oxygen atoms in total. The van der Waals surface area contributed by atoms with Crippen LogP contribution in [0.25, 0.3) is 0 Å². The van der Waals surface area contributed by atoms with Crippen LogP contribution in [0.15, 0.2) is 34.7 Å². The third-order valence-electron chi connectivity index (χ3n) is 6.35. The number of hydrogen-bond acceptors (Lipinski definition) is 9. The van der Waals surface area contributed by atoms with Crippen LogP contribution in [0, 0.1) is 6.92 Å². The fraction of sp³-hybridized carbons (Fsp3) is 0.423. The molecule has 3 N–H and O–H groups in total. The number of ether oxygens (including phenoxy) is 3. The number of piperidine rings is 1. The highest BCUT2D eigenvalue weighted by molar-refractivity contribution is 6.88. The van der Waals surface area contributed by atoms with Crippen molar-refractivity contribution < 1.29 is 23.4 Å². The second kappa shape index (κ2) is 10.8. The summed E-state index contributed by atoms with van der Waals surface area (Å²) in [5.41, 5.74) is 7.21. The van der Waals surface area contributed by atoms with E-state index < -0.39 is 14.0 Å². The van der Waals surface area contributed by atoms with E-state index in [1.165, 1.54) is 19.4 Å². The van der Waals surface area contributed by atoms with Crippen molar-refractivity contribution in [2.75, 3.05) is 37.5 Å². The Morgan fingerprint density at radius 3 is 2.32 bits per heavy atom. The zero-order valence-electron chi connectivity index (χ0n) is 22.3. The van der Waals surface area contributed by atoms with Crippen LogP contribution in [0.5, 0.6) is 23.5 Å². The summed E-state index contributed by atoms with van der Waals surface area (Å²) in [5, 5.41) is 4.03. The lowest BCUT2D eigenvalue weighted by Gasteiger charge is -2.30. The molecule has 0 aliphatic carbocycles. The molecule has 198 valence electrons. The van der Waals surface area contributed by atoms with Gasteiger partial charge in [0.1, 0.15) is 5.75 Å². The number of aryl methyl sites for hydroxylation is 1. The molecule has 0 spiro atoms. The maximum absolute atomic E-state index is 13.0. The number of hydrogen-bond donors (Lipinski definition) is 2. The number of nitrogens with two attached hydrogens (primary N) is 1. The topological polar surface area (TPSA) is 125 Å². The van der Waals surface area contributed by atoms with Crippen LogP contribution in [0.1, 0.15) is 29.0 Å². The van der Waals surface area contributed by atoms with E-state index in [0.29, 0.717) is 11.7 Å². The summed E-state index contributed by atoms with van der Waals surface area (Å²) in [6.07, 6.45) is 1.69. The molecule has 0 bridgehead atoms. The van der Waals surface area contributed by atoms with Crippen molar-refractivity contribution in [2.45, 2.75) is 45.4 Å². The largest absolute Gasteiger partial charge is 0.479 e. The standard InChI is InChI=1S/C26H35N5O5Si/c1-16-7-8-18(37(4,5)6)15-20(16)36-21-10-9-19(35-21)23(32)28-22-24(33-2)29-26(30-25(22)34-3)31-13-11-17(27)12-14-31/h7-10,15,17H,11-14,27H2,1-6H3,(H,28,32). The van der Waals surface area contributed by atoms with Gasteiger partial charge in [0, 0.05) is 25.2 Å². The van der Waals surface area contributed by atoms with E-state index >= 15 is 0 Å². The maximum atomic E-state index is 13.0. The first kappa shape index (κ1) is 26.5. The van der Waals surface area contributed by atoms with Crippen molar-refractivity contribution in [2.24, 2.45) is 5.73 Å². The van der Waals surface area contributed by atoms with Gasteiger partial charge in [0.05, 0.1) is 22.3 Å². The number of carbonyl (C=O) groups excluding carboxylic acids is 1. The first-order chi connectivity index (χ1) is 17.6. The SMILES string of the molecule is COc1nc(N2CCC(N)CC2)nc(OC)c1NC(=O)c1ccc(Oc2cc([Si](C)(C)C)ccc2C)o1. The summed E-state index contributed by atoms with van der Waals surface area (Å²) in [6.45, 7) is 10.3. The van der Waals surface area contributed by atoms with Gasteiger partial charge in [-0.3, -0.25) is 4.79 Å². The molecule has 1 aliphatic rings. The monoisotopic (exact) mass is 525 g/mol. The molecule has 1 aliphatic heterocycles. The van der Waals surface area contributed by atoms with Gasteiger partial charge in [0.15, 0.2) is 11.4 Å². The predicted molar refractivity (Wildman–Crippen MR) is 145 cm³/mol. The molecule has 0 atom stereocenters. The second-order valence-electron chi connectivity index (χ2n) is 10.1. The van der Waals surface area contributed by atoms with Crippen LogP contribution in [0.2, 0.25) is 19.6 Å².